The number of fused-ring (bicyclic) bond motifs is 3. The van der Waals surface area contributed by atoms with Crippen LogP contribution in [-0.4, -0.2) is 19.6 Å². The molecule has 6 aromatic rings. The van der Waals surface area contributed by atoms with Crippen molar-refractivity contribution in [2.75, 3.05) is 0 Å². The number of hydrogen-bond donors (Lipinski definition) is 1. The fourth-order valence-electron chi connectivity index (χ4n) is 4.80. The van der Waals surface area contributed by atoms with E-state index in [1.54, 1.807) is 6.20 Å². The van der Waals surface area contributed by atoms with Gasteiger partial charge in [-0.15, -0.1) is 23.8 Å². The molecule has 0 aliphatic rings. The van der Waals surface area contributed by atoms with Gasteiger partial charge in [-0.25, -0.2) is 4.98 Å². The molecule has 6 rings (SSSR count). The molecule has 192 valence electrons. The van der Waals surface area contributed by atoms with Gasteiger partial charge < -0.3 is 9.84 Å². The number of nitrogens with zero attached hydrogens (tertiary/aromatic N) is 3. The molecule has 0 saturated carbocycles. The first-order chi connectivity index (χ1) is 18.2. The third-order valence-corrected chi connectivity index (χ3v) is 6.68. The summed E-state index contributed by atoms with van der Waals surface area (Å²) >= 11 is 0. The van der Waals surface area contributed by atoms with Gasteiger partial charge in [-0.1, -0.05) is 62.4 Å². The van der Waals surface area contributed by atoms with Crippen molar-refractivity contribution in [3.63, 3.8) is 0 Å². The van der Waals surface area contributed by atoms with Crippen molar-refractivity contribution in [1.29, 1.82) is 0 Å². The van der Waals surface area contributed by atoms with Crippen molar-refractivity contribution in [3.05, 3.63) is 108 Å². The van der Waals surface area contributed by atoms with Crippen LogP contribution in [0.1, 0.15) is 25.0 Å². The molecule has 1 N–H and O–H groups in total. The van der Waals surface area contributed by atoms with E-state index in [4.69, 9.17) is 9.72 Å². The van der Waals surface area contributed by atoms with E-state index >= 15 is 0 Å². The molecule has 0 radical (unpaired) electrons. The monoisotopic (exact) mass is 679 g/mol. The molecule has 3 aromatic carbocycles. The summed E-state index contributed by atoms with van der Waals surface area (Å²) in [5, 5.41) is 13.4. The predicted octanol–water partition coefficient (Wildman–Crippen LogP) is 7.66. The Labute approximate surface area is 236 Å². The molecule has 3 heterocycles. The molecule has 38 heavy (non-hydrogen) atoms. The zero-order chi connectivity index (χ0) is 25.4. The Kier molecular flexibility index (Phi) is 7.30. The van der Waals surface area contributed by atoms with Crippen LogP contribution in [0.4, 0.5) is 0 Å². The Morgan fingerprint density at radius 1 is 0.868 bits per heavy atom. The number of ether oxygens (including phenoxy) is 1. The van der Waals surface area contributed by atoms with E-state index in [9.17, 15) is 5.11 Å². The Hall–Kier alpha value is -3.95. The first-order valence-corrected chi connectivity index (χ1v) is 12.5. The van der Waals surface area contributed by atoms with Gasteiger partial charge in [0, 0.05) is 49.9 Å². The van der Waals surface area contributed by atoms with Gasteiger partial charge in [-0.3, -0.25) is 9.55 Å². The van der Waals surface area contributed by atoms with Crippen LogP contribution in [-0.2, 0) is 33.9 Å². The number of aromatic hydroxyl groups is 1. The van der Waals surface area contributed by atoms with Gasteiger partial charge in [-0.2, -0.15) is 0 Å². The smallest absolute Gasteiger partial charge is 0.217 e. The van der Waals surface area contributed by atoms with Crippen LogP contribution >= 0.6 is 0 Å². The van der Waals surface area contributed by atoms with E-state index in [2.05, 4.69) is 59.8 Å². The van der Waals surface area contributed by atoms with Crippen molar-refractivity contribution < 1.29 is 30.9 Å². The number of phenolic OH excluding ortho intramolecular Hbond substituents is 1. The average Bonchev–Trinajstić information content (AvgIpc) is 3.27. The Morgan fingerprint density at radius 2 is 1.71 bits per heavy atom. The third kappa shape index (κ3) is 4.59. The molecule has 0 atom stereocenters. The average molecular weight is 680 g/mol. The van der Waals surface area contributed by atoms with E-state index in [0.29, 0.717) is 17.4 Å². The minimum atomic E-state index is 0. The number of aryl methyl sites for hydroxylation is 2. The molecule has 0 spiro atoms. The second-order valence-corrected chi connectivity index (χ2v) is 8.95. The van der Waals surface area contributed by atoms with Gasteiger partial charge in [0.25, 0.3) is 0 Å². The van der Waals surface area contributed by atoms with E-state index in [1.165, 1.54) is 5.56 Å². The molecular weight excluding hydrogens is 653 g/mol. The SMILES string of the molecule is CCc1cc(CC)c(O)c(-n2c3ccccc3c3ccc(-c4[c-]c(Oc5ccccn5)ccc4)nc32)c1.[Pt]. The van der Waals surface area contributed by atoms with Gasteiger partial charge in [-0.05, 0) is 47.9 Å². The van der Waals surface area contributed by atoms with E-state index in [0.717, 1.165) is 57.3 Å². The minimum absolute atomic E-state index is 0. The molecule has 5 nitrogen and oxygen atoms in total. The fourth-order valence-corrected chi connectivity index (χ4v) is 4.80. The van der Waals surface area contributed by atoms with Crippen molar-refractivity contribution in [1.82, 2.24) is 14.5 Å². The zero-order valence-corrected chi connectivity index (χ0v) is 23.4. The second kappa shape index (κ2) is 10.8. The molecular formula is C32H26N3O2Pt-. The van der Waals surface area contributed by atoms with Crippen LogP contribution in [0.3, 0.4) is 0 Å². The molecule has 0 aliphatic heterocycles. The van der Waals surface area contributed by atoms with Crippen molar-refractivity contribution in [2.45, 2.75) is 26.7 Å². The fraction of sp³-hybridized carbons (Fsp3) is 0.125. The van der Waals surface area contributed by atoms with Crippen LogP contribution in [0.15, 0.2) is 91.1 Å². The normalized spacial score (nSPS) is 11.0. The van der Waals surface area contributed by atoms with Crippen LogP contribution in [0.2, 0.25) is 0 Å². The predicted molar refractivity (Wildman–Crippen MR) is 148 cm³/mol. The van der Waals surface area contributed by atoms with Crippen molar-refractivity contribution >= 4 is 21.9 Å². The molecule has 0 aliphatic carbocycles. The summed E-state index contributed by atoms with van der Waals surface area (Å²) in [6.45, 7) is 4.20. The van der Waals surface area contributed by atoms with Crippen LogP contribution in [0.25, 0.3) is 38.9 Å². The molecule has 0 bridgehead atoms. The van der Waals surface area contributed by atoms with Crippen LogP contribution < -0.4 is 4.74 Å². The Bertz CT molecular complexity index is 1750. The van der Waals surface area contributed by atoms with Gasteiger partial charge in [0.1, 0.15) is 11.4 Å². The van der Waals surface area contributed by atoms with Crippen LogP contribution in [0.5, 0.6) is 17.4 Å². The molecule has 0 amide bonds. The Balaban J connectivity index is 0.00000294. The maximum atomic E-state index is 11.3. The number of aromatic nitrogens is 3. The van der Waals surface area contributed by atoms with Crippen molar-refractivity contribution in [2.24, 2.45) is 0 Å². The first kappa shape index (κ1) is 25.7. The summed E-state index contributed by atoms with van der Waals surface area (Å²) in [5.41, 5.74) is 6.24. The summed E-state index contributed by atoms with van der Waals surface area (Å²) in [5.74, 6) is 1.38. The van der Waals surface area contributed by atoms with E-state index < -0.39 is 0 Å². The standard InChI is InChI=1S/C32H26N3O2.Pt/c1-3-21-18-22(4-2)31(36)29(19-21)35-28-13-6-5-12-25(28)26-15-16-27(34-32(26)35)23-10-9-11-24(20-23)37-30-14-7-8-17-33-30;/h5-19,36H,3-4H2,1-2H3;/q-1;. The van der Waals surface area contributed by atoms with E-state index in [1.807, 2.05) is 54.6 Å². The number of phenols is 1. The number of para-hydroxylation sites is 1. The maximum Gasteiger partial charge on any atom is 0.217 e. The summed E-state index contributed by atoms with van der Waals surface area (Å²) < 4.78 is 7.98. The molecule has 0 saturated heterocycles. The molecule has 0 unspecified atom stereocenters. The maximum absolute atomic E-state index is 11.3. The number of hydrogen-bond acceptors (Lipinski definition) is 4. The minimum Gasteiger partial charge on any atom is -0.505 e. The third-order valence-electron chi connectivity index (χ3n) is 6.68. The summed E-state index contributed by atoms with van der Waals surface area (Å²) in [7, 11) is 0. The molecule has 6 heteroatoms. The largest absolute Gasteiger partial charge is 0.505 e. The first-order valence-electron chi connectivity index (χ1n) is 12.5. The van der Waals surface area contributed by atoms with Crippen molar-refractivity contribution in [3.8, 4) is 34.3 Å². The Morgan fingerprint density at radius 3 is 2.50 bits per heavy atom. The van der Waals surface area contributed by atoms with Gasteiger partial charge in [0.05, 0.1) is 11.2 Å². The summed E-state index contributed by atoms with van der Waals surface area (Å²) in [6, 6.07) is 31.1. The summed E-state index contributed by atoms with van der Waals surface area (Å²) in [6.07, 6.45) is 3.33. The second-order valence-electron chi connectivity index (χ2n) is 8.95. The number of rotatable bonds is 6. The van der Waals surface area contributed by atoms with Gasteiger partial charge in [0.2, 0.25) is 5.88 Å². The van der Waals surface area contributed by atoms with Crippen LogP contribution in [0, 0.1) is 6.07 Å². The van der Waals surface area contributed by atoms with E-state index in [-0.39, 0.29) is 21.1 Å². The quantitative estimate of drug-likeness (QED) is 0.184. The number of benzene rings is 3. The van der Waals surface area contributed by atoms with Gasteiger partial charge >= 0.3 is 0 Å². The molecule has 0 fully saturated rings. The summed E-state index contributed by atoms with van der Waals surface area (Å²) in [4.78, 5) is 9.35. The zero-order valence-electron chi connectivity index (χ0n) is 21.1. The molecule has 3 aromatic heterocycles. The number of pyridine rings is 2. The topological polar surface area (TPSA) is 60.2 Å². The van der Waals surface area contributed by atoms with Gasteiger partial charge in [0.15, 0.2) is 0 Å².